The van der Waals surface area contributed by atoms with Gasteiger partial charge in [0.25, 0.3) is 0 Å². The zero-order valence-corrected chi connectivity index (χ0v) is 20.6. The summed E-state index contributed by atoms with van der Waals surface area (Å²) in [6, 6.07) is 24.6. The minimum atomic E-state index is -0.326. The molecule has 0 N–H and O–H groups in total. The molecule has 0 saturated heterocycles. The highest BCUT2D eigenvalue weighted by Gasteiger charge is 2.22. The molecular formula is C30H20F2N4S. The smallest absolute Gasteiger partial charge is 0.164 e. The summed E-state index contributed by atoms with van der Waals surface area (Å²) in [6.45, 7) is 0. The van der Waals surface area contributed by atoms with Gasteiger partial charge >= 0.3 is 0 Å². The molecule has 6 rings (SSSR count). The number of fused-ring (bicyclic) bond motifs is 1. The molecule has 180 valence electrons. The summed E-state index contributed by atoms with van der Waals surface area (Å²) in [6.07, 6.45) is 7.27. The Kier molecular flexibility index (Phi) is 5.98. The maximum absolute atomic E-state index is 13.9. The first-order chi connectivity index (χ1) is 18.1. The third-order valence-corrected chi connectivity index (χ3v) is 7.00. The number of pyridine rings is 2. The highest BCUT2D eigenvalue weighted by Crippen LogP contribution is 2.43. The summed E-state index contributed by atoms with van der Waals surface area (Å²) in [5.41, 5.74) is 6.35. The molecule has 0 aliphatic heterocycles. The summed E-state index contributed by atoms with van der Waals surface area (Å²) in [4.78, 5) is 10.4. The number of halogens is 2. The molecule has 0 radical (unpaired) electrons. The lowest BCUT2D eigenvalue weighted by atomic mass is 9.89. The molecule has 3 aromatic carbocycles. The van der Waals surface area contributed by atoms with Gasteiger partial charge < -0.3 is 0 Å². The van der Waals surface area contributed by atoms with Gasteiger partial charge in [0.15, 0.2) is 5.65 Å². The molecule has 0 amide bonds. The summed E-state index contributed by atoms with van der Waals surface area (Å²) in [5, 5.41) is 5.53. The number of hydrogen-bond acceptors (Lipinski definition) is 4. The van der Waals surface area contributed by atoms with Crippen molar-refractivity contribution in [3.63, 3.8) is 0 Å². The van der Waals surface area contributed by atoms with Crippen LogP contribution in [0.3, 0.4) is 0 Å². The van der Waals surface area contributed by atoms with Crippen molar-refractivity contribution >= 4 is 22.8 Å². The van der Waals surface area contributed by atoms with E-state index >= 15 is 0 Å². The normalized spacial score (nSPS) is 11.2. The molecule has 0 spiro atoms. The van der Waals surface area contributed by atoms with Crippen molar-refractivity contribution in [2.45, 2.75) is 4.90 Å². The average molecular weight is 507 g/mol. The first-order valence-electron chi connectivity index (χ1n) is 11.6. The van der Waals surface area contributed by atoms with Crippen molar-refractivity contribution in [3.8, 4) is 39.2 Å². The Balaban J connectivity index is 1.73. The second kappa shape index (κ2) is 9.59. The van der Waals surface area contributed by atoms with Crippen LogP contribution in [0.1, 0.15) is 0 Å². The standard InChI is InChI=1S/C30H20F2N4S/c1-37-25-12-10-24(11-13-25)36-30-26(18-34-36)27(19-2-6-22(31)7-3-19)28(20-14-16-33-17-15-20)29(35-30)21-4-8-23(32)9-5-21/h2-18H,1H3. The third-order valence-electron chi connectivity index (χ3n) is 6.25. The van der Waals surface area contributed by atoms with Crippen LogP contribution < -0.4 is 0 Å². The predicted octanol–water partition coefficient (Wildman–Crippen LogP) is 7.82. The molecule has 37 heavy (non-hydrogen) atoms. The van der Waals surface area contributed by atoms with Gasteiger partial charge in [-0.1, -0.05) is 12.1 Å². The summed E-state index contributed by atoms with van der Waals surface area (Å²) >= 11 is 1.67. The Labute approximate surface area is 216 Å². The fourth-order valence-electron chi connectivity index (χ4n) is 4.49. The van der Waals surface area contributed by atoms with Crippen LogP contribution in [0.5, 0.6) is 0 Å². The maximum Gasteiger partial charge on any atom is 0.164 e. The molecule has 4 nitrogen and oxygen atoms in total. The summed E-state index contributed by atoms with van der Waals surface area (Å²) < 4.78 is 29.6. The minimum Gasteiger partial charge on any atom is -0.265 e. The van der Waals surface area contributed by atoms with Gasteiger partial charge in [-0.3, -0.25) is 4.98 Å². The van der Waals surface area contributed by atoms with E-state index in [2.05, 4.69) is 4.98 Å². The first kappa shape index (κ1) is 23.1. The fraction of sp³-hybridized carbons (Fsp3) is 0.0333. The van der Waals surface area contributed by atoms with Gasteiger partial charge in [-0.05, 0) is 90.2 Å². The second-order valence-electron chi connectivity index (χ2n) is 8.45. The van der Waals surface area contributed by atoms with Crippen molar-refractivity contribution in [2.24, 2.45) is 0 Å². The number of hydrogen-bond donors (Lipinski definition) is 0. The quantitative estimate of drug-likeness (QED) is 0.224. The van der Waals surface area contributed by atoms with Crippen LogP contribution >= 0.6 is 11.8 Å². The van der Waals surface area contributed by atoms with Crippen molar-refractivity contribution in [1.82, 2.24) is 19.7 Å². The number of thioether (sulfide) groups is 1. The highest BCUT2D eigenvalue weighted by molar-refractivity contribution is 7.98. The Morgan fingerprint density at radius 1 is 0.676 bits per heavy atom. The predicted molar refractivity (Wildman–Crippen MR) is 145 cm³/mol. The Morgan fingerprint density at radius 3 is 1.89 bits per heavy atom. The van der Waals surface area contributed by atoms with E-state index < -0.39 is 0 Å². The molecule has 0 saturated carbocycles. The Hall–Kier alpha value is -4.36. The van der Waals surface area contributed by atoms with Gasteiger partial charge in [0.05, 0.1) is 17.6 Å². The van der Waals surface area contributed by atoms with Gasteiger partial charge in [0.1, 0.15) is 11.6 Å². The van der Waals surface area contributed by atoms with E-state index in [1.807, 2.05) is 42.7 Å². The second-order valence-corrected chi connectivity index (χ2v) is 9.33. The fourth-order valence-corrected chi connectivity index (χ4v) is 4.89. The van der Waals surface area contributed by atoms with Crippen molar-refractivity contribution < 1.29 is 8.78 Å². The Bertz CT molecular complexity index is 1700. The van der Waals surface area contributed by atoms with E-state index in [1.165, 1.54) is 24.3 Å². The van der Waals surface area contributed by atoms with E-state index in [4.69, 9.17) is 10.1 Å². The van der Waals surface area contributed by atoms with Gasteiger partial charge in [0.2, 0.25) is 0 Å². The van der Waals surface area contributed by atoms with Crippen LogP contribution in [0, 0.1) is 11.6 Å². The van der Waals surface area contributed by atoms with E-state index in [1.54, 1.807) is 59.3 Å². The van der Waals surface area contributed by atoms with Crippen LogP contribution in [-0.2, 0) is 0 Å². The lowest BCUT2D eigenvalue weighted by molar-refractivity contribution is 0.627. The van der Waals surface area contributed by atoms with Gasteiger partial charge in [0, 0.05) is 39.4 Å². The average Bonchev–Trinajstić information content (AvgIpc) is 3.37. The van der Waals surface area contributed by atoms with Crippen LogP contribution in [-0.4, -0.2) is 26.0 Å². The summed E-state index contributed by atoms with van der Waals surface area (Å²) in [5.74, 6) is -0.643. The van der Waals surface area contributed by atoms with Gasteiger partial charge in [-0.25, -0.2) is 18.4 Å². The molecule has 0 atom stereocenters. The summed E-state index contributed by atoms with van der Waals surface area (Å²) in [7, 11) is 0. The monoisotopic (exact) mass is 506 g/mol. The van der Waals surface area contributed by atoms with Gasteiger partial charge in [-0.2, -0.15) is 5.10 Å². The number of rotatable bonds is 5. The van der Waals surface area contributed by atoms with Gasteiger partial charge in [-0.15, -0.1) is 11.8 Å². The molecule has 0 fully saturated rings. The number of nitrogens with zero attached hydrogens (tertiary/aromatic N) is 4. The zero-order valence-electron chi connectivity index (χ0n) is 19.8. The van der Waals surface area contributed by atoms with E-state index in [-0.39, 0.29) is 11.6 Å². The maximum atomic E-state index is 13.9. The van der Waals surface area contributed by atoms with Crippen molar-refractivity contribution in [3.05, 3.63) is 115 Å². The van der Waals surface area contributed by atoms with E-state index in [0.717, 1.165) is 43.8 Å². The molecule has 3 heterocycles. The van der Waals surface area contributed by atoms with Crippen LogP contribution in [0.2, 0.25) is 0 Å². The lowest BCUT2D eigenvalue weighted by Crippen LogP contribution is -2.01. The van der Waals surface area contributed by atoms with Crippen molar-refractivity contribution in [1.29, 1.82) is 0 Å². The van der Waals surface area contributed by atoms with Crippen LogP contribution in [0.15, 0.2) is 108 Å². The number of aromatic nitrogens is 4. The van der Waals surface area contributed by atoms with Crippen LogP contribution in [0.4, 0.5) is 8.78 Å². The minimum absolute atomic E-state index is 0.317. The van der Waals surface area contributed by atoms with E-state index in [9.17, 15) is 8.78 Å². The molecule has 3 aromatic heterocycles. The molecule has 0 aliphatic rings. The third kappa shape index (κ3) is 4.27. The SMILES string of the molecule is CSc1ccc(-n2ncc3c(-c4ccc(F)cc4)c(-c4ccncc4)c(-c4ccc(F)cc4)nc32)cc1. The molecule has 7 heteroatoms. The molecular weight excluding hydrogens is 486 g/mol. The number of benzene rings is 3. The molecule has 6 aromatic rings. The topological polar surface area (TPSA) is 43.6 Å². The molecule has 0 aliphatic carbocycles. The lowest BCUT2D eigenvalue weighted by Gasteiger charge is -2.17. The van der Waals surface area contributed by atoms with Crippen molar-refractivity contribution in [2.75, 3.05) is 6.26 Å². The molecule has 0 bridgehead atoms. The Morgan fingerprint density at radius 2 is 1.27 bits per heavy atom. The van der Waals surface area contributed by atoms with E-state index in [0.29, 0.717) is 11.3 Å². The largest absolute Gasteiger partial charge is 0.265 e. The zero-order chi connectivity index (χ0) is 25.4. The van der Waals surface area contributed by atoms with Crippen LogP contribution in [0.25, 0.3) is 50.2 Å². The first-order valence-corrected chi connectivity index (χ1v) is 12.8. The highest BCUT2D eigenvalue weighted by atomic mass is 32.2. The molecule has 0 unspecified atom stereocenters.